The van der Waals surface area contributed by atoms with Crippen molar-refractivity contribution in [3.63, 3.8) is 0 Å². The van der Waals surface area contributed by atoms with Crippen LogP contribution in [0.25, 0.3) is 22.6 Å². The molecule has 1 aromatic carbocycles. The Morgan fingerprint density at radius 1 is 1.13 bits per heavy atom. The first-order valence-corrected chi connectivity index (χ1v) is 12.6. The molecule has 5 rings (SSSR count). The molecule has 1 fully saturated rings. The number of hydrogen-bond donors (Lipinski definition) is 1. The van der Waals surface area contributed by atoms with Crippen molar-refractivity contribution in [1.82, 2.24) is 24.8 Å². The molecular weight excluding hydrogens is 483 g/mol. The lowest BCUT2D eigenvalue weighted by atomic mass is 9.99. The number of piperidine rings is 1. The molecule has 1 atom stereocenters. The molecular formula is C29H27FN6O2. The molecule has 192 valence electrons. The Bertz CT molecular complexity index is 1520. The summed E-state index contributed by atoms with van der Waals surface area (Å²) < 4.78 is 21.9. The van der Waals surface area contributed by atoms with Crippen molar-refractivity contribution < 1.29 is 9.13 Å². The zero-order valence-electron chi connectivity index (χ0n) is 21.0. The molecule has 1 saturated heterocycles. The van der Waals surface area contributed by atoms with E-state index in [0.29, 0.717) is 40.9 Å². The van der Waals surface area contributed by atoms with E-state index in [2.05, 4.69) is 20.3 Å². The second-order valence-corrected chi connectivity index (χ2v) is 9.38. The Hall–Kier alpha value is -4.42. The molecule has 4 aromatic rings. The Labute approximate surface area is 219 Å². The maximum atomic E-state index is 14.7. The first-order chi connectivity index (χ1) is 18.5. The molecule has 1 aliphatic rings. The van der Waals surface area contributed by atoms with Gasteiger partial charge in [0.15, 0.2) is 17.4 Å². The lowest BCUT2D eigenvalue weighted by Crippen LogP contribution is -2.30. The van der Waals surface area contributed by atoms with E-state index in [1.54, 1.807) is 30.7 Å². The van der Waals surface area contributed by atoms with Crippen molar-refractivity contribution >= 4 is 0 Å². The molecule has 1 N–H and O–H groups in total. The standard InChI is InChI=1S/C29H27FN6O2/c1-19(36-17-24(13-26(30)29(36)37)27-11-21(14-31)7-10-33-27)22-3-2-4-23(12-22)28-34-15-25(16-35-28)38-18-20-5-8-32-9-6-20/h2-4,7,10-13,15-17,19-20,32H,5-6,8-9,18H2,1H3/t19-/m1/s1. The normalized spacial score (nSPS) is 14.6. The fourth-order valence-electron chi connectivity index (χ4n) is 4.55. The predicted molar refractivity (Wildman–Crippen MR) is 141 cm³/mol. The Kier molecular flexibility index (Phi) is 7.52. The van der Waals surface area contributed by atoms with Crippen LogP contribution in [0.5, 0.6) is 5.75 Å². The lowest BCUT2D eigenvalue weighted by Gasteiger charge is -2.22. The van der Waals surface area contributed by atoms with Crippen LogP contribution in [0.15, 0.2) is 72.0 Å². The predicted octanol–water partition coefficient (Wildman–Crippen LogP) is 4.37. The molecule has 0 radical (unpaired) electrons. The van der Waals surface area contributed by atoms with Gasteiger partial charge in [-0.05, 0) is 68.6 Å². The number of nitrogens with one attached hydrogen (secondary N) is 1. The highest BCUT2D eigenvalue weighted by Crippen LogP contribution is 2.25. The third-order valence-corrected chi connectivity index (χ3v) is 6.80. The Morgan fingerprint density at radius 2 is 1.92 bits per heavy atom. The van der Waals surface area contributed by atoms with E-state index in [9.17, 15) is 14.4 Å². The number of aromatic nitrogens is 4. The van der Waals surface area contributed by atoms with E-state index in [1.807, 2.05) is 37.3 Å². The molecule has 0 bridgehead atoms. The van der Waals surface area contributed by atoms with Crippen LogP contribution in [0, 0.1) is 23.1 Å². The van der Waals surface area contributed by atoms with E-state index >= 15 is 0 Å². The van der Waals surface area contributed by atoms with E-state index in [4.69, 9.17) is 4.74 Å². The first kappa shape index (κ1) is 25.2. The van der Waals surface area contributed by atoms with E-state index in [1.165, 1.54) is 10.8 Å². The molecule has 4 heterocycles. The van der Waals surface area contributed by atoms with Crippen LogP contribution in [-0.4, -0.2) is 39.2 Å². The second kappa shape index (κ2) is 11.3. The van der Waals surface area contributed by atoms with Gasteiger partial charge >= 0.3 is 0 Å². The average Bonchev–Trinajstić information content (AvgIpc) is 2.98. The van der Waals surface area contributed by atoms with Crippen LogP contribution < -0.4 is 15.6 Å². The van der Waals surface area contributed by atoms with Gasteiger partial charge in [0.2, 0.25) is 0 Å². The maximum absolute atomic E-state index is 14.7. The summed E-state index contributed by atoms with van der Waals surface area (Å²) in [6.45, 7) is 4.51. The number of benzene rings is 1. The van der Waals surface area contributed by atoms with Crippen LogP contribution in [0.2, 0.25) is 0 Å². The summed E-state index contributed by atoms with van der Waals surface area (Å²) in [6.07, 6.45) is 8.59. The Balaban J connectivity index is 1.37. The third kappa shape index (κ3) is 5.61. The summed E-state index contributed by atoms with van der Waals surface area (Å²) >= 11 is 0. The van der Waals surface area contributed by atoms with Gasteiger partial charge in [-0.3, -0.25) is 9.78 Å². The highest BCUT2D eigenvalue weighted by molar-refractivity contribution is 5.60. The number of hydrogen-bond acceptors (Lipinski definition) is 7. The van der Waals surface area contributed by atoms with Crippen LogP contribution in [-0.2, 0) is 0 Å². The summed E-state index contributed by atoms with van der Waals surface area (Å²) in [5.74, 6) is 0.799. The molecule has 0 aliphatic carbocycles. The van der Waals surface area contributed by atoms with Gasteiger partial charge in [0.1, 0.15) is 0 Å². The molecule has 9 heteroatoms. The zero-order valence-corrected chi connectivity index (χ0v) is 21.0. The second-order valence-electron chi connectivity index (χ2n) is 9.38. The first-order valence-electron chi connectivity index (χ1n) is 12.6. The summed E-state index contributed by atoms with van der Waals surface area (Å²) in [7, 11) is 0. The molecule has 0 unspecified atom stereocenters. The minimum Gasteiger partial charge on any atom is -0.490 e. The molecule has 0 spiro atoms. The van der Waals surface area contributed by atoms with Gasteiger partial charge in [0.25, 0.3) is 5.56 Å². The van der Waals surface area contributed by atoms with Gasteiger partial charge in [-0.1, -0.05) is 18.2 Å². The molecule has 0 amide bonds. The van der Waals surface area contributed by atoms with Crippen LogP contribution >= 0.6 is 0 Å². The van der Waals surface area contributed by atoms with Crippen molar-refractivity contribution in [2.45, 2.75) is 25.8 Å². The molecule has 1 aliphatic heterocycles. The topological polar surface area (TPSA) is 106 Å². The highest BCUT2D eigenvalue weighted by Gasteiger charge is 2.17. The maximum Gasteiger partial charge on any atom is 0.287 e. The van der Waals surface area contributed by atoms with Gasteiger partial charge in [0.05, 0.1) is 42.4 Å². The van der Waals surface area contributed by atoms with Crippen molar-refractivity contribution in [3.05, 3.63) is 94.5 Å². The third-order valence-electron chi connectivity index (χ3n) is 6.80. The fourth-order valence-corrected chi connectivity index (χ4v) is 4.55. The molecule has 0 saturated carbocycles. The molecule has 8 nitrogen and oxygen atoms in total. The number of nitriles is 1. The van der Waals surface area contributed by atoms with Gasteiger partial charge in [-0.25, -0.2) is 14.4 Å². The monoisotopic (exact) mass is 510 g/mol. The van der Waals surface area contributed by atoms with Crippen LogP contribution in [0.1, 0.15) is 36.9 Å². The van der Waals surface area contributed by atoms with Crippen molar-refractivity contribution in [2.75, 3.05) is 19.7 Å². The number of rotatable bonds is 7. The quantitative estimate of drug-likeness (QED) is 0.394. The van der Waals surface area contributed by atoms with E-state index in [-0.39, 0.29) is 0 Å². The van der Waals surface area contributed by atoms with Crippen molar-refractivity contribution in [3.8, 4) is 34.5 Å². The number of ether oxygens (including phenoxy) is 1. The molecule has 38 heavy (non-hydrogen) atoms. The van der Waals surface area contributed by atoms with Gasteiger partial charge < -0.3 is 14.6 Å². The Morgan fingerprint density at radius 3 is 2.68 bits per heavy atom. The van der Waals surface area contributed by atoms with E-state index in [0.717, 1.165) is 43.1 Å². The summed E-state index contributed by atoms with van der Waals surface area (Å²) in [5, 5.41) is 12.5. The summed E-state index contributed by atoms with van der Waals surface area (Å²) in [4.78, 5) is 25.9. The number of pyridine rings is 2. The van der Waals surface area contributed by atoms with Gasteiger partial charge in [0, 0.05) is 23.5 Å². The zero-order chi connectivity index (χ0) is 26.5. The van der Waals surface area contributed by atoms with Crippen molar-refractivity contribution in [2.24, 2.45) is 5.92 Å². The largest absolute Gasteiger partial charge is 0.490 e. The summed E-state index contributed by atoms with van der Waals surface area (Å²) in [5.41, 5.74) is 2.03. The lowest BCUT2D eigenvalue weighted by molar-refractivity contribution is 0.214. The van der Waals surface area contributed by atoms with Crippen LogP contribution in [0.4, 0.5) is 4.39 Å². The van der Waals surface area contributed by atoms with E-state index < -0.39 is 17.4 Å². The van der Waals surface area contributed by atoms with Crippen LogP contribution in [0.3, 0.4) is 0 Å². The minimum atomic E-state index is -0.891. The fraction of sp³-hybridized carbons (Fsp3) is 0.276. The number of halogens is 1. The summed E-state index contributed by atoms with van der Waals surface area (Å²) in [6, 6.07) is 13.3. The van der Waals surface area contributed by atoms with Gasteiger partial charge in [-0.2, -0.15) is 5.26 Å². The van der Waals surface area contributed by atoms with Gasteiger partial charge in [-0.15, -0.1) is 0 Å². The SMILES string of the molecule is C[C@H](c1cccc(-c2ncc(OCC3CCNCC3)cn2)c1)n1cc(-c2cc(C#N)ccn2)cc(F)c1=O. The highest BCUT2D eigenvalue weighted by atomic mass is 19.1. The number of nitrogens with zero attached hydrogens (tertiary/aromatic N) is 5. The minimum absolute atomic E-state index is 0.400. The van der Waals surface area contributed by atoms with Crippen molar-refractivity contribution in [1.29, 1.82) is 5.26 Å². The molecule has 3 aromatic heterocycles. The average molecular weight is 511 g/mol. The smallest absolute Gasteiger partial charge is 0.287 e.